The number of nitrogens with zero attached hydrogens (tertiary/aromatic N) is 4. The van der Waals surface area contributed by atoms with Gasteiger partial charge in [-0.1, -0.05) is 201 Å². The Bertz CT molecular complexity index is 3650. The monoisotopic (exact) mass is 852 g/mol. The van der Waals surface area contributed by atoms with Crippen molar-refractivity contribution in [3.8, 4) is 51.0 Å². The summed E-state index contributed by atoms with van der Waals surface area (Å²) in [6.07, 6.45) is 5.95. The first-order valence-electron chi connectivity index (χ1n) is 21.9. The van der Waals surface area contributed by atoms with Crippen LogP contribution in [-0.2, 0) is 9.98 Å². The van der Waals surface area contributed by atoms with E-state index in [-0.39, 0.29) is 0 Å². The Kier molecular flexibility index (Phi) is 8.98. The molecule has 0 saturated carbocycles. The van der Waals surface area contributed by atoms with E-state index in [1.54, 1.807) is 0 Å². The number of rotatable bonds is 7. The lowest BCUT2D eigenvalue weighted by Gasteiger charge is -2.48. The van der Waals surface area contributed by atoms with E-state index in [1.165, 1.54) is 10.8 Å². The quantitative estimate of drug-likeness (QED) is 0.118. The van der Waals surface area contributed by atoms with Gasteiger partial charge < -0.3 is 9.13 Å². The van der Waals surface area contributed by atoms with Crippen LogP contribution in [0.2, 0.25) is 0 Å². The predicted molar refractivity (Wildman–Crippen MR) is 268 cm³/mol. The van der Waals surface area contributed by atoms with Crippen molar-refractivity contribution in [1.82, 2.24) is 19.5 Å². The molecule has 308 valence electrons. The van der Waals surface area contributed by atoms with E-state index in [9.17, 15) is 0 Å². The number of hydrogen-bond acceptors (Lipinski definition) is 4. The van der Waals surface area contributed by atoms with Crippen LogP contribution < -0.4 is 10.6 Å². The number of allylic oxidation sites excluding steroid dienone is 5. The minimum Gasteiger partial charge on any atom is -0.309 e. The molecule has 2 aliphatic rings. The normalized spacial score (nSPS) is 17.4. The van der Waals surface area contributed by atoms with Crippen LogP contribution in [0.1, 0.15) is 23.6 Å². The third-order valence-electron chi connectivity index (χ3n) is 13.3. The molecule has 2 aromatic heterocycles. The predicted octanol–water partition coefficient (Wildman–Crippen LogP) is 13.6. The van der Waals surface area contributed by atoms with E-state index < -0.39 is 12.6 Å². The Balaban J connectivity index is 1.18. The van der Waals surface area contributed by atoms with Crippen LogP contribution in [0.5, 0.6) is 0 Å². The zero-order chi connectivity index (χ0) is 43.7. The van der Waals surface area contributed by atoms with Gasteiger partial charge in [0.2, 0.25) is 0 Å². The Morgan fingerprint density at radius 2 is 1.06 bits per heavy atom. The third-order valence-corrected chi connectivity index (χ3v) is 16.6. The fourth-order valence-corrected chi connectivity index (χ4v) is 13.5. The van der Waals surface area contributed by atoms with Gasteiger partial charge in [-0.25, -0.2) is 15.0 Å². The standard InChI is InChI=1S/C59H41N4OP/c1-3-4-27-48-39(2)65(64,45-23-12-7-13-24-45)54-37-36-44(58-61-56(42-21-10-6-11-22-42)60-57(62-58)43-34-32-41(33-35-43)40-19-8-5-9-20-40)38-51(54)59(48)49-28-15-17-31-53(49)63-52-30-16-14-25-46(52)47-26-18-29-50(59)55(47)63/h3-38H,1H2,2H3/b27-4-. The second-order valence-corrected chi connectivity index (χ2v) is 19.6. The van der Waals surface area contributed by atoms with Crippen molar-refractivity contribution in [1.29, 1.82) is 0 Å². The maximum atomic E-state index is 16.6. The number of para-hydroxylation sites is 3. The Morgan fingerprint density at radius 3 is 1.78 bits per heavy atom. The highest BCUT2D eigenvalue weighted by atomic mass is 31.2. The molecule has 12 rings (SSSR count). The summed E-state index contributed by atoms with van der Waals surface area (Å²) in [6, 6.07) is 69.2. The van der Waals surface area contributed by atoms with Crippen molar-refractivity contribution in [2.24, 2.45) is 0 Å². The zero-order valence-electron chi connectivity index (χ0n) is 35.6. The molecule has 0 bridgehead atoms. The van der Waals surface area contributed by atoms with Gasteiger partial charge in [-0.2, -0.15) is 0 Å². The van der Waals surface area contributed by atoms with Gasteiger partial charge in [-0.05, 0) is 69.9 Å². The molecular weight excluding hydrogens is 812 g/mol. The first-order chi connectivity index (χ1) is 32.0. The maximum absolute atomic E-state index is 16.6. The molecule has 6 heteroatoms. The smallest absolute Gasteiger partial charge is 0.167 e. The molecule has 2 atom stereocenters. The summed E-state index contributed by atoms with van der Waals surface area (Å²) < 4.78 is 19.0. The molecule has 0 amide bonds. The lowest BCUT2D eigenvalue weighted by atomic mass is 9.62. The topological polar surface area (TPSA) is 60.7 Å². The summed E-state index contributed by atoms with van der Waals surface area (Å²) in [6.45, 7) is 6.20. The van der Waals surface area contributed by atoms with Crippen LogP contribution in [0, 0.1) is 0 Å². The molecule has 0 fully saturated rings. The maximum Gasteiger partial charge on any atom is 0.167 e. The minimum atomic E-state index is -3.46. The average molecular weight is 853 g/mol. The molecule has 4 heterocycles. The SMILES string of the molecule is C=C/C=C\C1=C(C)P(=O)(c2ccccc2)c2ccc(-c3nc(-c4ccccc4)nc(-c4ccc(-c5ccccc5)cc4)n3)cc2C12c1ccccc1-n1c3ccccc3c3cccc2c31. The molecule has 0 saturated heterocycles. The van der Waals surface area contributed by atoms with Crippen LogP contribution in [0.15, 0.2) is 236 Å². The molecule has 5 nitrogen and oxygen atoms in total. The summed E-state index contributed by atoms with van der Waals surface area (Å²) >= 11 is 0. The number of fused-ring (bicyclic) bond motifs is 9. The Morgan fingerprint density at radius 1 is 0.523 bits per heavy atom. The van der Waals surface area contributed by atoms with Crippen LogP contribution in [0.3, 0.4) is 0 Å². The highest BCUT2D eigenvalue weighted by Crippen LogP contribution is 2.66. The van der Waals surface area contributed by atoms with E-state index in [0.717, 1.165) is 82.7 Å². The summed E-state index contributed by atoms with van der Waals surface area (Å²) in [5.74, 6) is 1.67. The summed E-state index contributed by atoms with van der Waals surface area (Å²) in [4.78, 5) is 15.6. The van der Waals surface area contributed by atoms with Crippen LogP contribution >= 0.6 is 7.14 Å². The second kappa shape index (κ2) is 15.1. The molecule has 0 radical (unpaired) electrons. The van der Waals surface area contributed by atoms with Crippen molar-refractivity contribution in [3.63, 3.8) is 0 Å². The minimum absolute atomic E-state index is 0.527. The molecule has 2 unspecified atom stereocenters. The molecule has 10 aromatic rings. The van der Waals surface area contributed by atoms with Gasteiger partial charge in [0.15, 0.2) is 24.6 Å². The van der Waals surface area contributed by atoms with Crippen molar-refractivity contribution in [2.75, 3.05) is 0 Å². The summed E-state index contributed by atoms with van der Waals surface area (Å²) in [7, 11) is -3.46. The van der Waals surface area contributed by atoms with Gasteiger partial charge in [0.25, 0.3) is 0 Å². The molecule has 1 spiro atoms. The highest BCUT2D eigenvalue weighted by molar-refractivity contribution is 7.82. The van der Waals surface area contributed by atoms with Gasteiger partial charge in [-0.3, -0.25) is 0 Å². The number of aromatic nitrogens is 4. The second-order valence-electron chi connectivity index (χ2n) is 16.7. The van der Waals surface area contributed by atoms with E-state index in [1.807, 2.05) is 78.9 Å². The van der Waals surface area contributed by atoms with E-state index in [2.05, 4.69) is 158 Å². The molecule has 65 heavy (non-hydrogen) atoms. The van der Waals surface area contributed by atoms with E-state index >= 15 is 4.57 Å². The van der Waals surface area contributed by atoms with Gasteiger partial charge in [0.1, 0.15) is 0 Å². The third kappa shape index (κ3) is 5.72. The Hall–Kier alpha value is -7.98. The fraction of sp³-hybridized carbons (Fsp3) is 0.0339. The summed E-state index contributed by atoms with van der Waals surface area (Å²) in [5, 5.41) is 4.77. The molecule has 0 N–H and O–H groups in total. The summed E-state index contributed by atoms with van der Waals surface area (Å²) in [5.41, 5.74) is 11.4. The van der Waals surface area contributed by atoms with Crippen LogP contribution in [0.25, 0.3) is 72.8 Å². The highest BCUT2D eigenvalue weighted by Gasteiger charge is 2.54. The van der Waals surface area contributed by atoms with Crippen molar-refractivity contribution in [3.05, 3.63) is 253 Å². The first kappa shape index (κ1) is 38.7. The fourth-order valence-electron chi connectivity index (χ4n) is 10.5. The van der Waals surface area contributed by atoms with Crippen LogP contribution in [-0.4, -0.2) is 19.5 Å². The molecule has 0 aliphatic carbocycles. The zero-order valence-corrected chi connectivity index (χ0v) is 36.5. The molecular formula is C59H41N4OP. The van der Waals surface area contributed by atoms with Gasteiger partial charge in [0.05, 0.1) is 22.1 Å². The molecule has 2 aliphatic heterocycles. The Labute approximate surface area is 377 Å². The van der Waals surface area contributed by atoms with Crippen molar-refractivity contribution in [2.45, 2.75) is 12.3 Å². The van der Waals surface area contributed by atoms with Crippen LogP contribution in [0.4, 0.5) is 0 Å². The largest absolute Gasteiger partial charge is 0.309 e. The van der Waals surface area contributed by atoms with Gasteiger partial charge in [-0.15, -0.1) is 0 Å². The van der Waals surface area contributed by atoms with E-state index in [4.69, 9.17) is 15.0 Å². The first-order valence-corrected chi connectivity index (χ1v) is 23.6. The lowest BCUT2D eigenvalue weighted by molar-refractivity contribution is 0.587. The number of benzene rings is 8. The lowest BCUT2D eigenvalue weighted by Crippen LogP contribution is -2.43. The van der Waals surface area contributed by atoms with Crippen molar-refractivity contribution < 1.29 is 4.57 Å². The van der Waals surface area contributed by atoms with Gasteiger partial charge in [0, 0.05) is 38.1 Å². The number of hydrogen-bond donors (Lipinski definition) is 0. The average Bonchev–Trinajstić information content (AvgIpc) is 3.72. The van der Waals surface area contributed by atoms with E-state index in [0.29, 0.717) is 17.5 Å². The van der Waals surface area contributed by atoms with Gasteiger partial charge >= 0.3 is 0 Å². The van der Waals surface area contributed by atoms with Crippen molar-refractivity contribution >= 4 is 39.6 Å². The molecule has 8 aromatic carbocycles.